The molecule has 0 bridgehead atoms. The molecule has 2 aromatic carbocycles. The van der Waals surface area contributed by atoms with E-state index in [4.69, 9.17) is 9.47 Å². The molecule has 0 spiro atoms. The number of carbonyl (C=O) groups is 2. The first kappa shape index (κ1) is 32.5. The third kappa shape index (κ3) is 5.77. The number of aromatic hydroxyl groups is 3. The van der Waals surface area contributed by atoms with Gasteiger partial charge in [-0.3, -0.25) is 9.59 Å². The lowest BCUT2D eigenvalue weighted by Crippen LogP contribution is -2.56. The van der Waals surface area contributed by atoms with Crippen LogP contribution in [0.2, 0.25) is 0 Å². The van der Waals surface area contributed by atoms with Gasteiger partial charge in [0.15, 0.2) is 11.6 Å². The van der Waals surface area contributed by atoms with E-state index in [9.17, 15) is 70.9 Å². The number of phenolic OH excluding ortho intramolecular Hbond substituents is 3. The van der Waals surface area contributed by atoms with E-state index in [1.54, 1.807) is 0 Å². The summed E-state index contributed by atoms with van der Waals surface area (Å²) in [5.41, 5.74) is -3.18. The van der Waals surface area contributed by atoms with Crippen molar-refractivity contribution in [3.8, 4) is 23.0 Å². The Morgan fingerprint density at radius 1 is 0.651 bits per heavy atom. The van der Waals surface area contributed by atoms with Crippen molar-refractivity contribution in [2.75, 3.05) is 13.2 Å². The lowest BCUT2D eigenvalue weighted by molar-refractivity contribution is -0.283. The number of hydrogen-bond acceptors (Lipinski definition) is 16. The molecule has 11 N–H and O–H groups in total. The zero-order valence-electron chi connectivity index (χ0n) is 22.2. The van der Waals surface area contributed by atoms with Crippen LogP contribution in [0.5, 0.6) is 23.0 Å². The Kier molecular flexibility index (Phi) is 9.57. The van der Waals surface area contributed by atoms with Crippen LogP contribution in [-0.2, 0) is 9.47 Å². The van der Waals surface area contributed by atoms with Crippen LogP contribution < -0.4 is 5.11 Å². The Labute approximate surface area is 242 Å². The number of ether oxygens (including phenoxy) is 2. The first-order valence-corrected chi connectivity index (χ1v) is 13.0. The summed E-state index contributed by atoms with van der Waals surface area (Å²) in [5.74, 6) is -6.43. The predicted molar refractivity (Wildman–Crippen MR) is 136 cm³/mol. The molecule has 0 aliphatic carbocycles. The van der Waals surface area contributed by atoms with Crippen molar-refractivity contribution < 1.29 is 80.3 Å². The van der Waals surface area contributed by atoms with Crippen LogP contribution >= 0.6 is 0 Å². The Balaban J connectivity index is 1.90. The second kappa shape index (κ2) is 12.7. The van der Waals surface area contributed by atoms with E-state index in [0.717, 1.165) is 12.1 Å². The third-order valence-corrected chi connectivity index (χ3v) is 7.62. The van der Waals surface area contributed by atoms with Crippen LogP contribution in [-0.4, -0.2) is 130 Å². The van der Waals surface area contributed by atoms with Crippen LogP contribution in [0.25, 0.3) is 0 Å². The minimum atomic E-state index is -2.18. The highest BCUT2D eigenvalue weighted by atomic mass is 16.6. The summed E-state index contributed by atoms with van der Waals surface area (Å²) in [6, 6.07) is 4.69. The van der Waals surface area contributed by atoms with E-state index in [2.05, 4.69) is 0 Å². The first-order valence-electron chi connectivity index (χ1n) is 13.0. The number of rotatable bonds is 8. The SMILES string of the molecule is O=C(CC(=O)c1c(O)c([C@@H]2O[C@H](CO)[C@@H](O)[C@H](O)[C@H]2O)c([O-])c([C@@H]2O[C@H](CO)[C@@H](O)[C@H](O)[C@H]2O)c1O)c1ccc(O)cc1. The normalized spacial score (nSPS) is 32.8. The first-order chi connectivity index (χ1) is 20.2. The maximum absolute atomic E-state index is 13.8. The van der Waals surface area contributed by atoms with Gasteiger partial charge in [0.25, 0.3) is 0 Å². The molecule has 43 heavy (non-hydrogen) atoms. The highest BCUT2D eigenvalue weighted by Gasteiger charge is 2.49. The number of Topliss-reactive ketones (excluding diaryl/α,β-unsaturated/α-hetero) is 2. The molecule has 0 radical (unpaired) electrons. The van der Waals surface area contributed by atoms with Gasteiger partial charge in [-0.25, -0.2) is 0 Å². The van der Waals surface area contributed by atoms with Gasteiger partial charge in [0, 0.05) is 16.7 Å². The number of phenols is 3. The number of carbonyl (C=O) groups excluding carboxylic acids is 2. The summed E-state index contributed by atoms with van der Waals surface area (Å²) in [6.45, 7) is -1.89. The molecule has 0 amide bonds. The molecule has 2 aromatic rings. The quantitative estimate of drug-likeness (QED) is 0.101. The maximum atomic E-state index is 13.8. The van der Waals surface area contributed by atoms with E-state index in [-0.39, 0.29) is 11.3 Å². The molecule has 2 aliphatic rings. The van der Waals surface area contributed by atoms with Crippen molar-refractivity contribution in [3.63, 3.8) is 0 Å². The molecule has 236 valence electrons. The van der Waals surface area contributed by atoms with Gasteiger partial charge in [-0.1, -0.05) is 5.75 Å². The summed E-state index contributed by atoms with van der Waals surface area (Å²) in [6.07, 6.45) is -20.6. The highest BCUT2D eigenvalue weighted by molar-refractivity contribution is 6.16. The number of hydrogen-bond donors (Lipinski definition) is 11. The Bertz CT molecular complexity index is 1280. The van der Waals surface area contributed by atoms with E-state index in [0.29, 0.717) is 0 Å². The van der Waals surface area contributed by atoms with E-state index < -0.39 is 126 Å². The molecule has 16 nitrogen and oxygen atoms in total. The molecular formula is C27H31O16-. The summed E-state index contributed by atoms with van der Waals surface area (Å²) in [4.78, 5) is 26.2. The lowest BCUT2D eigenvalue weighted by Gasteiger charge is -2.44. The molecule has 0 aromatic heterocycles. The molecule has 2 fully saturated rings. The number of aliphatic hydroxyl groups is 8. The van der Waals surface area contributed by atoms with Gasteiger partial charge in [0.1, 0.15) is 83.9 Å². The van der Waals surface area contributed by atoms with Crippen molar-refractivity contribution in [1.82, 2.24) is 0 Å². The topological polar surface area (TPSA) is 298 Å². The molecule has 4 rings (SSSR count). The molecular weight excluding hydrogens is 580 g/mol. The molecule has 0 saturated carbocycles. The van der Waals surface area contributed by atoms with Crippen LogP contribution in [0.3, 0.4) is 0 Å². The van der Waals surface area contributed by atoms with Gasteiger partial charge < -0.3 is 70.8 Å². The molecule has 0 unspecified atom stereocenters. The maximum Gasteiger partial charge on any atom is 0.178 e. The minimum absolute atomic E-state index is 0.0612. The minimum Gasteiger partial charge on any atom is -0.872 e. The van der Waals surface area contributed by atoms with Crippen molar-refractivity contribution in [2.45, 2.75) is 67.5 Å². The highest BCUT2D eigenvalue weighted by Crippen LogP contribution is 2.52. The van der Waals surface area contributed by atoms with Crippen LogP contribution in [0.15, 0.2) is 24.3 Å². The predicted octanol–water partition coefficient (Wildman–Crippen LogP) is -3.64. The molecule has 2 aliphatic heterocycles. The van der Waals surface area contributed by atoms with Gasteiger partial charge in [-0.05, 0) is 24.3 Å². The van der Waals surface area contributed by atoms with Crippen molar-refractivity contribution in [2.24, 2.45) is 0 Å². The van der Waals surface area contributed by atoms with E-state index in [1.165, 1.54) is 12.1 Å². The summed E-state index contributed by atoms with van der Waals surface area (Å²) < 4.78 is 10.8. The average molecular weight is 612 g/mol. The fraction of sp³-hybridized carbons (Fsp3) is 0.481. The van der Waals surface area contributed by atoms with E-state index in [1.807, 2.05) is 0 Å². The smallest absolute Gasteiger partial charge is 0.178 e. The standard InChI is InChI=1S/C27H32O16/c28-6-12-17(33)22(38)24(40)26(42-12)15-19(35)14(11(32)5-10(31)8-1-3-9(30)4-2-8)20(36)16(21(15)37)27-25(41)23(39)18(34)13(7-29)43-27/h1-4,12-13,17-18,22-30,33-41H,5-7H2/p-1/t12-,13-,17-,18-,22+,23+,24-,25-,26+,27+/m1/s1. The van der Waals surface area contributed by atoms with Crippen molar-refractivity contribution in [1.29, 1.82) is 0 Å². The zero-order chi connectivity index (χ0) is 31.9. The number of ketones is 2. The average Bonchev–Trinajstić information content (AvgIpc) is 2.97. The fourth-order valence-corrected chi connectivity index (χ4v) is 5.20. The summed E-state index contributed by atoms with van der Waals surface area (Å²) in [7, 11) is 0. The lowest BCUT2D eigenvalue weighted by atomic mass is 9.83. The number of aliphatic hydroxyl groups excluding tert-OH is 8. The molecule has 2 saturated heterocycles. The van der Waals surface area contributed by atoms with Gasteiger partial charge in [-0.2, -0.15) is 0 Å². The fourth-order valence-electron chi connectivity index (χ4n) is 5.20. The third-order valence-electron chi connectivity index (χ3n) is 7.62. The molecule has 2 heterocycles. The Morgan fingerprint density at radius 2 is 1.07 bits per heavy atom. The van der Waals surface area contributed by atoms with Gasteiger partial charge in [0.2, 0.25) is 0 Å². The van der Waals surface area contributed by atoms with Crippen LogP contribution in [0, 0.1) is 0 Å². The molecule has 10 atom stereocenters. The second-order valence-corrected chi connectivity index (χ2v) is 10.3. The summed E-state index contributed by atoms with van der Waals surface area (Å²) >= 11 is 0. The Hall–Kier alpha value is -3.42. The van der Waals surface area contributed by atoms with Gasteiger partial charge >= 0.3 is 0 Å². The van der Waals surface area contributed by atoms with Crippen LogP contribution in [0.1, 0.15) is 50.5 Å². The van der Waals surface area contributed by atoms with Crippen LogP contribution in [0.4, 0.5) is 0 Å². The van der Waals surface area contributed by atoms with E-state index >= 15 is 0 Å². The number of benzene rings is 2. The van der Waals surface area contributed by atoms with Gasteiger partial charge in [-0.15, -0.1) is 0 Å². The largest absolute Gasteiger partial charge is 0.872 e. The second-order valence-electron chi connectivity index (χ2n) is 10.3. The van der Waals surface area contributed by atoms with Gasteiger partial charge in [0.05, 0.1) is 19.6 Å². The Morgan fingerprint density at radius 3 is 1.47 bits per heavy atom. The monoisotopic (exact) mass is 611 g/mol. The van der Waals surface area contributed by atoms with Crippen molar-refractivity contribution in [3.05, 3.63) is 46.5 Å². The summed E-state index contributed by atoms with van der Waals surface area (Å²) in [5, 5.41) is 127. The molecule has 16 heteroatoms. The van der Waals surface area contributed by atoms with Crippen molar-refractivity contribution >= 4 is 11.6 Å². The zero-order valence-corrected chi connectivity index (χ0v) is 22.2.